The van der Waals surface area contributed by atoms with Crippen LogP contribution in [0.4, 0.5) is 5.82 Å². The standard InChI is InChI=1S/C14H19N5/c1-18-5-2-3-11-10-19(6-4-13(11)18)14-9-16-12(7-15)8-17-14/h8-9,11,13H,2-6,10H2,1H3. The average Bonchev–Trinajstić information content (AvgIpc) is 2.47. The number of hydrogen-bond acceptors (Lipinski definition) is 5. The number of aromatic nitrogens is 2. The first-order valence-corrected chi connectivity index (χ1v) is 6.95. The molecule has 2 unspecified atom stereocenters. The van der Waals surface area contributed by atoms with E-state index in [0.29, 0.717) is 5.69 Å². The van der Waals surface area contributed by atoms with Crippen LogP contribution in [0.15, 0.2) is 12.4 Å². The van der Waals surface area contributed by atoms with E-state index < -0.39 is 0 Å². The van der Waals surface area contributed by atoms with Gasteiger partial charge in [0, 0.05) is 19.1 Å². The van der Waals surface area contributed by atoms with E-state index in [1.54, 1.807) is 12.4 Å². The van der Waals surface area contributed by atoms with Crippen molar-refractivity contribution in [1.29, 1.82) is 5.26 Å². The van der Waals surface area contributed by atoms with Crippen molar-refractivity contribution < 1.29 is 0 Å². The summed E-state index contributed by atoms with van der Waals surface area (Å²) in [4.78, 5) is 13.3. The van der Waals surface area contributed by atoms with Crippen molar-refractivity contribution in [1.82, 2.24) is 14.9 Å². The molecule has 0 bridgehead atoms. The molecule has 0 aromatic carbocycles. The van der Waals surface area contributed by atoms with Gasteiger partial charge in [0.1, 0.15) is 11.9 Å². The maximum atomic E-state index is 8.75. The van der Waals surface area contributed by atoms with Gasteiger partial charge in [-0.05, 0) is 38.8 Å². The third-order valence-electron chi connectivity index (χ3n) is 4.42. The highest BCUT2D eigenvalue weighted by atomic mass is 15.2. The first-order valence-electron chi connectivity index (χ1n) is 6.95. The van der Waals surface area contributed by atoms with Crippen molar-refractivity contribution in [3.8, 4) is 6.07 Å². The fraction of sp³-hybridized carbons (Fsp3) is 0.643. The third kappa shape index (κ3) is 2.41. The van der Waals surface area contributed by atoms with E-state index in [-0.39, 0.29) is 0 Å². The summed E-state index contributed by atoms with van der Waals surface area (Å²) in [6, 6.07) is 2.74. The molecule has 0 N–H and O–H groups in total. The topological polar surface area (TPSA) is 56.0 Å². The molecule has 0 aliphatic carbocycles. The number of likely N-dealkylation sites (tertiary alicyclic amines) is 1. The van der Waals surface area contributed by atoms with Gasteiger partial charge in [-0.15, -0.1) is 0 Å². The predicted octanol–water partition coefficient (Wildman–Crippen LogP) is 1.27. The van der Waals surface area contributed by atoms with Crippen LogP contribution in [0.1, 0.15) is 25.0 Å². The predicted molar refractivity (Wildman–Crippen MR) is 72.7 cm³/mol. The van der Waals surface area contributed by atoms with Crippen LogP contribution >= 0.6 is 0 Å². The SMILES string of the molecule is CN1CCCC2CN(c3cnc(C#N)cn3)CCC21. The quantitative estimate of drug-likeness (QED) is 0.758. The van der Waals surface area contributed by atoms with E-state index in [9.17, 15) is 0 Å². The zero-order chi connectivity index (χ0) is 13.2. The summed E-state index contributed by atoms with van der Waals surface area (Å²) >= 11 is 0. The highest BCUT2D eigenvalue weighted by molar-refractivity contribution is 5.38. The normalized spacial score (nSPS) is 27.7. The Bertz CT molecular complexity index is 478. The Morgan fingerprint density at radius 1 is 1.26 bits per heavy atom. The lowest BCUT2D eigenvalue weighted by Gasteiger charge is -2.46. The van der Waals surface area contributed by atoms with Gasteiger partial charge in [-0.3, -0.25) is 0 Å². The lowest BCUT2D eigenvalue weighted by Crippen LogP contribution is -2.52. The van der Waals surface area contributed by atoms with Crippen LogP contribution in [0.3, 0.4) is 0 Å². The van der Waals surface area contributed by atoms with Gasteiger partial charge >= 0.3 is 0 Å². The van der Waals surface area contributed by atoms with E-state index in [0.717, 1.165) is 30.9 Å². The molecular formula is C14H19N5. The van der Waals surface area contributed by atoms with Gasteiger partial charge in [0.05, 0.1) is 12.4 Å². The first kappa shape index (κ1) is 12.4. The number of nitriles is 1. The van der Waals surface area contributed by atoms with Crippen molar-refractivity contribution in [2.45, 2.75) is 25.3 Å². The zero-order valence-corrected chi connectivity index (χ0v) is 11.3. The van der Waals surface area contributed by atoms with Crippen LogP contribution in [-0.4, -0.2) is 47.6 Å². The summed E-state index contributed by atoms with van der Waals surface area (Å²) in [5, 5.41) is 8.75. The number of piperidine rings is 2. The molecule has 5 nitrogen and oxygen atoms in total. The summed E-state index contributed by atoms with van der Waals surface area (Å²) in [7, 11) is 2.24. The van der Waals surface area contributed by atoms with Gasteiger partial charge < -0.3 is 9.80 Å². The number of fused-ring (bicyclic) bond motifs is 1. The van der Waals surface area contributed by atoms with Gasteiger partial charge in [0.15, 0.2) is 5.69 Å². The second kappa shape index (κ2) is 5.14. The number of rotatable bonds is 1. The second-order valence-corrected chi connectivity index (χ2v) is 5.56. The van der Waals surface area contributed by atoms with E-state index in [4.69, 9.17) is 5.26 Å². The Morgan fingerprint density at radius 2 is 2.16 bits per heavy atom. The first-order chi connectivity index (χ1) is 9.28. The van der Waals surface area contributed by atoms with Crippen LogP contribution < -0.4 is 4.90 Å². The Hall–Kier alpha value is -1.67. The van der Waals surface area contributed by atoms with E-state index in [1.807, 2.05) is 6.07 Å². The van der Waals surface area contributed by atoms with Crippen LogP contribution in [0.25, 0.3) is 0 Å². The molecule has 2 atom stereocenters. The Labute approximate surface area is 113 Å². The van der Waals surface area contributed by atoms with E-state index in [2.05, 4.69) is 26.8 Å². The number of nitrogens with zero attached hydrogens (tertiary/aromatic N) is 5. The molecule has 1 aromatic heterocycles. The summed E-state index contributed by atoms with van der Waals surface area (Å²) in [5.74, 6) is 1.65. The van der Waals surface area contributed by atoms with Crippen molar-refractivity contribution in [3.05, 3.63) is 18.1 Å². The molecular weight excluding hydrogens is 238 g/mol. The minimum absolute atomic E-state index is 0.385. The summed E-state index contributed by atoms with van der Waals surface area (Å²) < 4.78 is 0. The molecule has 2 fully saturated rings. The van der Waals surface area contributed by atoms with Gasteiger partial charge in [-0.1, -0.05) is 0 Å². The van der Waals surface area contributed by atoms with Gasteiger partial charge in [-0.25, -0.2) is 9.97 Å². The van der Waals surface area contributed by atoms with Crippen LogP contribution in [0.2, 0.25) is 0 Å². The fourth-order valence-corrected chi connectivity index (χ4v) is 3.40. The Balaban J connectivity index is 1.72. The molecule has 100 valence electrons. The monoisotopic (exact) mass is 257 g/mol. The van der Waals surface area contributed by atoms with E-state index in [1.165, 1.54) is 25.8 Å². The minimum Gasteiger partial charge on any atom is -0.355 e. The van der Waals surface area contributed by atoms with Crippen LogP contribution in [0.5, 0.6) is 0 Å². The van der Waals surface area contributed by atoms with Crippen molar-refractivity contribution >= 4 is 5.82 Å². The largest absolute Gasteiger partial charge is 0.355 e. The molecule has 1 aromatic rings. The van der Waals surface area contributed by atoms with E-state index >= 15 is 0 Å². The zero-order valence-electron chi connectivity index (χ0n) is 11.3. The maximum Gasteiger partial charge on any atom is 0.158 e. The molecule has 0 amide bonds. The highest BCUT2D eigenvalue weighted by Gasteiger charge is 2.34. The van der Waals surface area contributed by atoms with Gasteiger partial charge in [-0.2, -0.15) is 5.26 Å². The number of hydrogen-bond donors (Lipinski definition) is 0. The highest BCUT2D eigenvalue weighted by Crippen LogP contribution is 2.31. The summed E-state index contributed by atoms with van der Waals surface area (Å²) in [5.41, 5.74) is 0.385. The van der Waals surface area contributed by atoms with Gasteiger partial charge in [0.2, 0.25) is 0 Å². The van der Waals surface area contributed by atoms with Gasteiger partial charge in [0.25, 0.3) is 0 Å². The molecule has 0 saturated carbocycles. The molecule has 19 heavy (non-hydrogen) atoms. The van der Waals surface area contributed by atoms with Crippen LogP contribution in [0, 0.1) is 17.2 Å². The van der Waals surface area contributed by atoms with Crippen LogP contribution in [-0.2, 0) is 0 Å². The molecule has 0 spiro atoms. The van der Waals surface area contributed by atoms with Crippen molar-refractivity contribution in [3.63, 3.8) is 0 Å². The average molecular weight is 257 g/mol. The van der Waals surface area contributed by atoms with Crippen molar-refractivity contribution in [2.75, 3.05) is 31.6 Å². The minimum atomic E-state index is 0.385. The molecule has 2 saturated heterocycles. The Kier molecular flexibility index (Phi) is 3.34. The molecule has 5 heteroatoms. The number of anilines is 1. The molecule has 3 rings (SSSR count). The lowest BCUT2D eigenvalue weighted by molar-refractivity contribution is 0.102. The van der Waals surface area contributed by atoms with Crippen molar-refractivity contribution in [2.24, 2.45) is 5.92 Å². The molecule has 2 aliphatic rings. The Morgan fingerprint density at radius 3 is 2.89 bits per heavy atom. The fourth-order valence-electron chi connectivity index (χ4n) is 3.40. The molecule has 2 aliphatic heterocycles. The summed E-state index contributed by atoms with van der Waals surface area (Å²) in [6.07, 6.45) is 7.10. The summed E-state index contributed by atoms with van der Waals surface area (Å²) in [6.45, 7) is 3.33. The molecule has 3 heterocycles. The molecule has 0 radical (unpaired) electrons. The lowest BCUT2D eigenvalue weighted by atomic mass is 9.84. The third-order valence-corrected chi connectivity index (χ3v) is 4.42. The second-order valence-electron chi connectivity index (χ2n) is 5.56. The smallest absolute Gasteiger partial charge is 0.158 e. The maximum absolute atomic E-state index is 8.75.